The van der Waals surface area contributed by atoms with Gasteiger partial charge in [0.25, 0.3) is 0 Å². The molecule has 4 heteroatoms. The molecule has 1 N–H and O–H groups in total. The number of carboxylic acids is 1. The maximum Gasteiger partial charge on any atom is 0.336 e. The maximum absolute atomic E-state index is 11.5. The van der Waals surface area contributed by atoms with Crippen LogP contribution in [0.15, 0.2) is 77.8 Å². The van der Waals surface area contributed by atoms with E-state index >= 15 is 0 Å². The van der Waals surface area contributed by atoms with E-state index in [9.17, 15) is 9.90 Å². The number of carboxylic acid groups (broad SMARTS) is 1. The topological polar surface area (TPSA) is 58.9 Å². The molecular formula is C21H17NO3. The average molecular weight is 331 g/mol. The zero-order chi connectivity index (χ0) is 17.6. The van der Waals surface area contributed by atoms with Crippen molar-refractivity contribution in [2.24, 2.45) is 4.99 Å². The first-order valence-electron chi connectivity index (χ1n) is 7.78. The van der Waals surface area contributed by atoms with Crippen LogP contribution in [0.1, 0.15) is 15.9 Å². The molecule has 0 aliphatic heterocycles. The lowest BCUT2D eigenvalue weighted by Gasteiger charge is -2.07. The SMILES string of the molecule is COc1ccc(C=Nc2ccc(C(=O)O)c(-c3ccccc3)c2)cc1. The summed E-state index contributed by atoms with van der Waals surface area (Å²) < 4.78 is 5.13. The molecule has 124 valence electrons. The minimum absolute atomic E-state index is 0.259. The Bertz CT molecular complexity index is 900. The van der Waals surface area contributed by atoms with Crippen LogP contribution in [0.2, 0.25) is 0 Å². The van der Waals surface area contributed by atoms with Gasteiger partial charge in [0.2, 0.25) is 0 Å². The van der Waals surface area contributed by atoms with Gasteiger partial charge in [-0.25, -0.2) is 4.79 Å². The summed E-state index contributed by atoms with van der Waals surface area (Å²) in [7, 11) is 1.62. The fourth-order valence-electron chi connectivity index (χ4n) is 2.49. The highest BCUT2D eigenvalue weighted by molar-refractivity contribution is 5.97. The van der Waals surface area contributed by atoms with Crippen LogP contribution in [0.25, 0.3) is 11.1 Å². The van der Waals surface area contributed by atoms with Crippen LogP contribution in [0.5, 0.6) is 5.75 Å². The summed E-state index contributed by atoms with van der Waals surface area (Å²) in [6, 6.07) is 22.1. The van der Waals surface area contributed by atoms with Crippen LogP contribution in [-0.4, -0.2) is 24.4 Å². The minimum Gasteiger partial charge on any atom is -0.497 e. The predicted molar refractivity (Wildman–Crippen MR) is 99.1 cm³/mol. The Labute approximate surface area is 146 Å². The number of benzene rings is 3. The molecule has 4 nitrogen and oxygen atoms in total. The van der Waals surface area contributed by atoms with E-state index in [0.29, 0.717) is 11.3 Å². The van der Waals surface area contributed by atoms with Gasteiger partial charge in [0, 0.05) is 6.21 Å². The fourth-order valence-corrected chi connectivity index (χ4v) is 2.49. The van der Waals surface area contributed by atoms with E-state index in [2.05, 4.69) is 4.99 Å². The zero-order valence-corrected chi connectivity index (χ0v) is 13.7. The van der Waals surface area contributed by atoms with Gasteiger partial charge in [0.1, 0.15) is 5.75 Å². The van der Waals surface area contributed by atoms with E-state index in [0.717, 1.165) is 16.9 Å². The molecule has 0 bridgehead atoms. The number of ether oxygens (including phenoxy) is 1. The summed E-state index contributed by atoms with van der Waals surface area (Å²) in [5.74, 6) is -0.168. The van der Waals surface area contributed by atoms with E-state index in [4.69, 9.17) is 4.74 Å². The largest absolute Gasteiger partial charge is 0.497 e. The summed E-state index contributed by atoms with van der Waals surface area (Å²) in [6.07, 6.45) is 1.74. The molecule has 3 rings (SSSR count). The number of hydrogen-bond donors (Lipinski definition) is 1. The second kappa shape index (κ2) is 7.45. The van der Waals surface area contributed by atoms with Crippen LogP contribution < -0.4 is 4.74 Å². The summed E-state index contributed by atoms with van der Waals surface area (Å²) in [6.45, 7) is 0. The Hall–Kier alpha value is -3.40. The van der Waals surface area contributed by atoms with Crippen LogP contribution in [0, 0.1) is 0 Å². The molecule has 3 aromatic rings. The maximum atomic E-state index is 11.5. The van der Waals surface area contributed by atoms with Gasteiger partial charge < -0.3 is 9.84 Å². The van der Waals surface area contributed by atoms with Gasteiger partial charge in [0.05, 0.1) is 18.4 Å². The van der Waals surface area contributed by atoms with Gasteiger partial charge in [-0.3, -0.25) is 4.99 Å². The van der Waals surface area contributed by atoms with Gasteiger partial charge in [-0.05, 0) is 59.2 Å². The van der Waals surface area contributed by atoms with Gasteiger partial charge in [0.15, 0.2) is 0 Å². The Morgan fingerprint density at radius 3 is 2.36 bits per heavy atom. The lowest BCUT2D eigenvalue weighted by Crippen LogP contribution is -1.99. The fraction of sp³-hybridized carbons (Fsp3) is 0.0476. The first-order valence-corrected chi connectivity index (χ1v) is 7.78. The van der Waals surface area contributed by atoms with E-state index < -0.39 is 5.97 Å². The average Bonchev–Trinajstić information content (AvgIpc) is 2.67. The predicted octanol–water partition coefficient (Wildman–Crippen LogP) is 4.81. The van der Waals surface area contributed by atoms with Crippen molar-refractivity contribution in [3.05, 3.63) is 83.9 Å². The molecule has 3 aromatic carbocycles. The molecule has 0 radical (unpaired) electrons. The Balaban J connectivity index is 1.94. The van der Waals surface area contributed by atoms with Crippen molar-refractivity contribution in [2.45, 2.75) is 0 Å². The van der Waals surface area contributed by atoms with Gasteiger partial charge in [-0.1, -0.05) is 30.3 Å². The second-order valence-electron chi connectivity index (χ2n) is 5.43. The molecule has 0 amide bonds. The molecule has 0 aliphatic rings. The molecule has 0 spiro atoms. The molecule has 0 unspecified atom stereocenters. The molecule has 0 saturated heterocycles. The zero-order valence-electron chi connectivity index (χ0n) is 13.7. The van der Waals surface area contributed by atoms with Gasteiger partial charge in [-0.2, -0.15) is 0 Å². The second-order valence-corrected chi connectivity index (χ2v) is 5.43. The number of rotatable bonds is 5. The minimum atomic E-state index is -0.954. The van der Waals surface area contributed by atoms with Gasteiger partial charge in [-0.15, -0.1) is 0 Å². The molecule has 0 heterocycles. The summed E-state index contributed by atoms with van der Waals surface area (Å²) >= 11 is 0. The third kappa shape index (κ3) is 3.93. The number of carbonyl (C=O) groups is 1. The van der Waals surface area contributed by atoms with Crippen molar-refractivity contribution < 1.29 is 14.6 Å². The highest BCUT2D eigenvalue weighted by Gasteiger charge is 2.12. The Morgan fingerprint density at radius 1 is 1.00 bits per heavy atom. The van der Waals surface area contributed by atoms with Crippen molar-refractivity contribution in [1.29, 1.82) is 0 Å². The van der Waals surface area contributed by atoms with Crippen molar-refractivity contribution in [2.75, 3.05) is 7.11 Å². The molecule has 0 aromatic heterocycles. The van der Waals surface area contributed by atoms with Crippen LogP contribution >= 0.6 is 0 Å². The van der Waals surface area contributed by atoms with E-state index in [1.54, 1.807) is 31.5 Å². The highest BCUT2D eigenvalue weighted by Crippen LogP contribution is 2.28. The van der Waals surface area contributed by atoms with Crippen LogP contribution in [0.4, 0.5) is 5.69 Å². The van der Waals surface area contributed by atoms with Crippen molar-refractivity contribution in [3.63, 3.8) is 0 Å². The number of aliphatic imine (C=N–C) groups is 1. The summed E-state index contributed by atoms with van der Waals surface area (Å²) in [4.78, 5) is 16.0. The van der Waals surface area contributed by atoms with E-state index in [1.165, 1.54) is 0 Å². The third-order valence-electron chi connectivity index (χ3n) is 3.80. The highest BCUT2D eigenvalue weighted by atomic mass is 16.5. The summed E-state index contributed by atoms with van der Waals surface area (Å²) in [5, 5.41) is 9.42. The molecule has 0 saturated carbocycles. The molecule has 0 atom stereocenters. The standard InChI is InChI=1S/C21H17NO3/c1-25-18-10-7-15(8-11-18)14-22-17-9-12-19(21(23)24)20(13-17)16-5-3-2-4-6-16/h2-14H,1H3,(H,23,24). The summed E-state index contributed by atoms with van der Waals surface area (Å²) in [5.41, 5.74) is 3.39. The van der Waals surface area contributed by atoms with Gasteiger partial charge >= 0.3 is 5.97 Å². The first kappa shape index (κ1) is 16.5. The first-order chi connectivity index (χ1) is 12.2. The van der Waals surface area contributed by atoms with E-state index in [-0.39, 0.29) is 5.56 Å². The van der Waals surface area contributed by atoms with Crippen molar-refractivity contribution >= 4 is 17.9 Å². The van der Waals surface area contributed by atoms with E-state index in [1.807, 2.05) is 54.6 Å². The Kier molecular flexibility index (Phi) is 4.90. The number of nitrogens with zero attached hydrogens (tertiary/aromatic N) is 1. The smallest absolute Gasteiger partial charge is 0.336 e. The Morgan fingerprint density at radius 2 is 1.72 bits per heavy atom. The van der Waals surface area contributed by atoms with Crippen molar-refractivity contribution in [1.82, 2.24) is 0 Å². The third-order valence-corrected chi connectivity index (χ3v) is 3.80. The number of aromatic carboxylic acids is 1. The lowest BCUT2D eigenvalue weighted by atomic mass is 9.99. The normalized spacial score (nSPS) is 10.8. The molecule has 0 aliphatic carbocycles. The lowest BCUT2D eigenvalue weighted by molar-refractivity contribution is 0.0698. The van der Waals surface area contributed by atoms with Crippen LogP contribution in [0.3, 0.4) is 0 Å². The number of hydrogen-bond acceptors (Lipinski definition) is 3. The van der Waals surface area contributed by atoms with Crippen LogP contribution in [-0.2, 0) is 0 Å². The molecule has 0 fully saturated rings. The van der Waals surface area contributed by atoms with Crippen molar-refractivity contribution in [3.8, 4) is 16.9 Å². The number of methoxy groups -OCH3 is 1. The monoisotopic (exact) mass is 331 g/mol. The molecular weight excluding hydrogens is 314 g/mol. The quantitative estimate of drug-likeness (QED) is 0.682. The molecule has 25 heavy (non-hydrogen) atoms.